The molecule has 0 amide bonds. The number of carbonyl (C=O) groups excluding carboxylic acids is 1. The summed E-state index contributed by atoms with van der Waals surface area (Å²) in [4.78, 5) is 12.2. The molecule has 0 aromatic heterocycles. The lowest BCUT2D eigenvalue weighted by atomic mass is 9.75. The van der Waals surface area contributed by atoms with E-state index in [2.05, 4.69) is 0 Å². The number of aromatic hydroxyl groups is 1. The molecule has 0 radical (unpaired) electrons. The van der Waals surface area contributed by atoms with E-state index in [0.29, 0.717) is 16.9 Å². The largest absolute Gasteiger partial charge is 0.507 e. The summed E-state index contributed by atoms with van der Waals surface area (Å²) < 4.78 is 10.5. The van der Waals surface area contributed by atoms with Gasteiger partial charge in [0, 0.05) is 23.6 Å². The quantitative estimate of drug-likeness (QED) is 0.664. The molecule has 1 aromatic carbocycles. The summed E-state index contributed by atoms with van der Waals surface area (Å²) in [5, 5.41) is 29.7. The summed E-state index contributed by atoms with van der Waals surface area (Å²) in [6.07, 6.45) is -0.514. The van der Waals surface area contributed by atoms with Crippen LogP contribution in [0.1, 0.15) is 29.3 Å². The Labute approximate surface area is 121 Å². The zero-order valence-corrected chi connectivity index (χ0v) is 11.7. The van der Waals surface area contributed by atoms with Crippen LogP contribution in [0.2, 0.25) is 0 Å². The van der Waals surface area contributed by atoms with E-state index in [1.165, 1.54) is 19.3 Å². The molecule has 21 heavy (non-hydrogen) atoms. The molecule has 2 aliphatic rings. The van der Waals surface area contributed by atoms with Crippen LogP contribution in [0, 0.1) is 0 Å². The minimum atomic E-state index is -1.05. The van der Waals surface area contributed by atoms with Crippen LogP contribution in [0.5, 0.6) is 11.5 Å². The number of carbonyl (C=O) groups is 1. The standard InChI is InChI=1S/C15H16O6/c1-15-6-12(18)10(16)5-9(15)8-3-7(20-2)4-11(17)13(8)14(19)21-15/h3-5,10,12,16-18H,6H2,1-2H3/t10-,12-,15-/m1/s1. The summed E-state index contributed by atoms with van der Waals surface area (Å²) in [7, 11) is 1.45. The summed E-state index contributed by atoms with van der Waals surface area (Å²) >= 11 is 0. The molecule has 3 N–H and O–H groups in total. The molecule has 0 spiro atoms. The van der Waals surface area contributed by atoms with E-state index in [4.69, 9.17) is 9.47 Å². The van der Waals surface area contributed by atoms with Gasteiger partial charge >= 0.3 is 5.97 Å². The Hall–Kier alpha value is -2.05. The van der Waals surface area contributed by atoms with E-state index in [1.54, 1.807) is 13.0 Å². The fourth-order valence-corrected chi connectivity index (χ4v) is 2.96. The molecule has 1 aliphatic carbocycles. The molecule has 3 atom stereocenters. The molecule has 6 nitrogen and oxygen atoms in total. The third kappa shape index (κ3) is 1.99. The number of benzene rings is 1. The van der Waals surface area contributed by atoms with Gasteiger partial charge in [-0.2, -0.15) is 0 Å². The van der Waals surface area contributed by atoms with Crippen LogP contribution in [-0.4, -0.2) is 46.2 Å². The first-order chi connectivity index (χ1) is 9.85. The Kier molecular flexibility index (Phi) is 2.96. The van der Waals surface area contributed by atoms with Gasteiger partial charge in [0.15, 0.2) is 0 Å². The lowest BCUT2D eigenvalue weighted by Crippen LogP contribution is -2.47. The van der Waals surface area contributed by atoms with Crippen molar-refractivity contribution < 1.29 is 29.6 Å². The van der Waals surface area contributed by atoms with Crippen LogP contribution in [0.3, 0.4) is 0 Å². The van der Waals surface area contributed by atoms with Crippen molar-refractivity contribution in [1.82, 2.24) is 0 Å². The van der Waals surface area contributed by atoms with Gasteiger partial charge in [0.25, 0.3) is 0 Å². The molecule has 112 valence electrons. The number of methoxy groups -OCH3 is 1. The highest BCUT2D eigenvalue weighted by Gasteiger charge is 2.47. The molecule has 1 heterocycles. The highest BCUT2D eigenvalue weighted by Crippen LogP contribution is 2.47. The Bertz CT molecular complexity index is 650. The maximum atomic E-state index is 12.2. The molecule has 1 aromatic rings. The first-order valence-corrected chi connectivity index (χ1v) is 6.59. The Morgan fingerprint density at radius 1 is 1.38 bits per heavy atom. The van der Waals surface area contributed by atoms with E-state index < -0.39 is 23.8 Å². The number of phenolic OH excluding ortho intramolecular Hbond substituents is 1. The van der Waals surface area contributed by atoms with E-state index in [-0.39, 0.29) is 17.7 Å². The van der Waals surface area contributed by atoms with Crippen molar-refractivity contribution in [1.29, 1.82) is 0 Å². The predicted octanol–water partition coefficient (Wildman–Crippen LogP) is 0.839. The van der Waals surface area contributed by atoms with Crippen molar-refractivity contribution in [2.24, 2.45) is 0 Å². The summed E-state index contributed by atoms with van der Waals surface area (Å²) in [5.74, 6) is -0.504. The number of fused-ring (bicyclic) bond motifs is 3. The first kappa shape index (κ1) is 13.9. The zero-order valence-electron chi connectivity index (χ0n) is 11.7. The number of aliphatic hydroxyl groups is 2. The van der Waals surface area contributed by atoms with Gasteiger partial charge in [0.2, 0.25) is 0 Å². The summed E-state index contributed by atoms with van der Waals surface area (Å²) in [6.45, 7) is 1.67. The van der Waals surface area contributed by atoms with Crippen LogP contribution in [0.25, 0.3) is 5.57 Å². The number of aliphatic hydroxyl groups excluding tert-OH is 2. The SMILES string of the molecule is COc1cc(O)c2c(c1)C1=C[C@@H](O)[C@H](O)C[C@@]1(C)OC2=O. The highest BCUT2D eigenvalue weighted by molar-refractivity contribution is 6.03. The Morgan fingerprint density at radius 2 is 2.10 bits per heavy atom. The van der Waals surface area contributed by atoms with E-state index in [1.807, 2.05) is 0 Å². The van der Waals surface area contributed by atoms with Gasteiger partial charge < -0.3 is 24.8 Å². The fourth-order valence-electron chi connectivity index (χ4n) is 2.96. The monoisotopic (exact) mass is 292 g/mol. The van der Waals surface area contributed by atoms with Crippen LogP contribution < -0.4 is 4.74 Å². The van der Waals surface area contributed by atoms with E-state index in [0.717, 1.165) is 0 Å². The number of hydrogen-bond donors (Lipinski definition) is 3. The van der Waals surface area contributed by atoms with Crippen molar-refractivity contribution in [3.8, 4) is 11.5 Å². The topological polar surface area (TPSA) is 96.2 Å². The lowest BCUT2D eigenvalue weighted by molar-refractivity contribution is -0.0387. The van der Waals surface area contributed by atoms with Gasteiger partial charge in [-0.3, -0.25) is 0 Å². The molecule has 0 saturated carbocycles. The highest BCUT2D eigenvalue weighted by atomic mass is 16.6. The molecule has 1 aliphatic heterocycles. The fraction of sp³-hybridized carbons (Fsp3) is 0.400. The maximum Gasteiger partial charge on any atom is 0.343 e. The van der Waals surface area contributed by atoms with E-state index in [9.17, 15) is 20.1 Å². The van der Waals surface area contributed by atoms with Crippen LogP contribution in [-0.2, 0) is 4.74 Å². The normalized spacial score (nSPS) is 30.9. The Balaban J connectivity index is 2.26. The molecular weight excluding hydrogens is 276 g/mol. The number of esters is 1. The predicted molar refractivity (Wildman–Crippen MR) is 73.1 cm³/mol. The van der Waals surface area contributed by atoms with Crippen molar-refractivity contribution in [2.75, 3.05) is 7.11 Å². The first-order valence-electron chi connectivity index (χ1n) is 6.59. The van der Waals surface area contributed by atoms with Gasteiger partial charge in [-0.25, -0.2) is 4.79 Å². The number of ether oxygens (including phenoxy) is 2. The number of phenols is 1. The smallest absolute Gasteiger partial charge is 0.343 e. The maximum absolute atomic E-state index is 12.2. The molecular formula is C15H16O6. The summed E-state index contributed by atoms with van der Waals surface area (Å²) in [5.41, 5.74) is 0.0189. The molecule has 0 bridgehead atoms. The van der Waals surface area contributed by atoms with E-state index >= 15 is 0 Å². The second-order valence-electron chi connectivity index (χ2n) is 5.53. The van der Waals surface area contributed by atoms with Crippen molar-refractivity contribution in [2.45, 2.75) is 31.2 Å². The summed E-state index contributed by atoms with van der Waals surface area (Å²) in [6, 6.07) is 2.95. The molecule has 0 saturated heterocycles. The third-order valence-electron chi connectivity index (χ3n) is 4.04. The van der Waals surface area contributed by atoms with Crippen molar-refractivity contribution in [3.05, 3.63) is 29.3 Å². The molecule has 0 fully saturated rings. The minimum Gasteiger partial charge on any atom is -0.507 e. The third-order valence-corrected chi connectivity index (χ3v) is 4.04. The van der Waals surface area contributed by atoms with Gasteiger partial charge in [-0.15, -0.1) is 0 Å². The number of hydrogen-bond acceptors (Lipinski definition) is 6. The van der Waals surface area contributed by atoms with Gasteiger partial charge in [0.1, 0.15) is 22.7 Å². The van der Waals surface area contributed by atoms with Crippen LogP contribution in [0.4, 0.5) is 0 Å². The molecule has 0 unspecified atom stereocenters. The average molecular weight is 292 g/mol. The molecule has 3 rings (SSSR count). The second-order valence-corrected chi connectivity index (χ2v) is 5.53. The van der Waals surface area contributed by atoms with Crippen molar-refractivity contribution in [3.63, 3.8) is 0 Å². The van der Waals surface area contributed by atoms with Crippen LogP contribution >= 0.6 is 0 Å². The van der Waals surface area contributed by atoms with Gasteiger partial charge in [-0.05, 0) is 19.1 Å². The van der Waals surface area contributed by atoms with Gasteiger partial charge in [0.05, 0.1) is 19.3 Å². The van der Waals surface area contributed by atoms with Crippen molar-refractivity contribution >= 4 is 11.5 Å². The number of rotatable bonds is 1. The lowest BCUT2D eigenvalue weighted by Gasteiger charge is -2.42. The zero-order chi connectivity index (χ0) is 15.4. The molecule has 6 heteroatoms. The Morgan fingerprint density at radius 3 is 2.76 bits per heavy atom. The second kappa shape index (κ2) is 4.47. The van der Waals surface area contributed by atoms with Gasteiger partial charge in [-0.1, -0.05) is 0 Å². The van der Waals surface area contributed by atoms with Crippen LogP contribution in [0.15, 0.2) is 18.2 Å². The minimum absolute atomic E-state index is 0.0446. The average Bonchev–Trinajstić information content (AvgIpc) is 2.40.